The van der Waals surface area contributed by atoms with E-state index in [1.807, 2.05) is 0 Å². The number of nitrogens with zero attached hydrogens (tertiary/aromatic N) is 2. The van der Waals surface area contributed by atoms with Crippen molar-refractivity contribution in [3.8, 4) is 0 Å². The summed E-state index contributed by atoms with van der Waals surface area (Å²) in [6, 6.07) is 1.50. The SMILES string of the molecule is Cc1cc([N+](=O)[O-])c(C)nc1CC(N)=S. The van der Waals surface area contributed by atoms with Gasteiger partial charge >= 0.3 is 0 Å². The molecule has 0 radical (unpaired) electrons. The number of hydrogen-bond donors (Lipinski definition) is 1. The van der Waals surface area contributed by atoms with Crippen LogP contribution in [0.4, 0.5) is 5.69 Å². The minimum atomic E-state index is -0.445. The number of rotatable bonds is 3. The largest absolute Gasteiger partial charge is 0.393 e. The van der Waals surface area contributed by atoms with Crippen molar-refractivity contribution < 1.29 is 4.92 Å². The van der Waals surface area contributed by atoms with E-state index in [1.165, 1.54) is 6.07 Å². The van der Waals surface area contributed by atoms with Gasteiger partial charge in [0.1, 0.15) is 5.69 Å². The first-order chi connectivity index (χ1) is 6.91. The summed E-state index contributed by atoms with van der Waals surface area (Å²) in [5.74, 6) is 0. The van der Waals surface area contributed by atoms with Gasteiger partial charge in [-0.3, -0.25) is 15.1 Å². The third-order valence-electron chi connectivity index (χ3n) is 2.02. The minimum absolute atomic E-state index is 0.0270. The average molecular weight is 225 g/mol. The number of aryl methyl sites for hydroxylation is 2. The van der Waals surface area contributed by atoms with Crippen LogP contribution in [-0.2, 0) is 6.42 Å². The lowest BCUT2D eigenvalue weighted by Gasteiger charge is -2.05. The normalized spacial score (nSPS) is 10.0. The highest BCUT2D eigenvalue weighted by molar-refractivity contribution is 7.80. The highest BCUT2D eigenvalue weighted by Crippen LogP contribution is 2.19. The Morgan fingerprint density at radius 2 is 2.27 bits per heavy atom. The molecule has 1 aromatic heterocycles. The Balaban J connectivity index is 3.19. The maximum Gasteiger partial charge on any atom is 0.290 e. The molecule has 0 aromatic carbocycles. The summed E-state index contributed by atoms with van der Waals surface area (Å²) >= 11 is 4.77. The van der Waals surface area contributed by atoms with Gasteiger partial charge in [0.2, 0.25) is 0 Å². The second kappa shape index (κ2) is 4.31. The molecule has 0 unspecified atom stereocenters. The van der Waals surface area contributed by atoms with E-state index in [4.69, 9.17) is 18.0 Å². The third-order valence-corrected chi connectivity index (χ3v) is 2.16. The van der Waals surface area contributed by atoms with Gasteiger partial charge in [0.15, 0.2) is 0 Å². The van der Waals surface area contributed by atoms with Crippen molar-refractivity contribution in [2.75, 3.05) is 0 Å². The van der Waals surface area contributed by atoms with Crippen molar-refractivity contribution in [2.24, 2.45) is 5.73 Å². The number of nitrogens with two attached hydrogens (primary N) is 1. The Labute approximate surface area is 92.5 Å². The Hall–Kier alpha value is -1.56. The predicted molar refractivity (Wildman–Crippen MR) is 60.9 cm³/mol. The van der Waals surface area contributed by atoms with Gasteiger partial charge in [-0.15, -0.1) is 0 Å². The van der Waals surface area contributed by atoms with Gasteiger partial charge < -0.3 is 5.73 Å². The molecule has 0 saturated carbocycles. The smallest absolute Gasteiger partial charge is 0.290 e. The van der Waals surface area contributed by atoms with Gasteiger partial charge in [-0.2, -0.15) is 0 Å². The van der Waals surface area contributed by atoms with Crippen LogP contribution in [-0.4, -0.2) is 14.9 Å². The van der Waals surface area contributed by atoms with Crippen LogP contribution < -0.4 is 5.73 Å². The van der Waals surface area contributed by atoms with Gasteiger partial charge in [-0.1, -0.05) is 12.2 Å². The summed E-state index contributed by atoms with van der Waals surface area (Å²) in [7, 11) is 0. The molecule has 15 heavy (non-hydrogen) atoms. The molecule has 1 aromatic rings. The first-order valence-electron chi connectivity index (χ1n) is 4.31. The molecule has 2 N–H and O–H groups in total. The quantitative estimate of drug-likeness (QED) is 0.478. The van der Waals surface area contributed by atoms with Gasteiger partial charge in [0.05, 0.1) is 15.6 Å². The summed E-state index contributed by atoms with van der Waals surface area (Å²) in [6.07, 6.45) is 0.375. The number of thiocarbonyl (C=S) groups is 1. The molecule has 0 saturated heterocycles. The molecule has 0 aliphatic rings. The van der Waals surface area contributed by atoms with Crippen LogP contribution >= 0.6 is 12.2 Å². The fourth-order valence-electron chi connectivity index (χ4n) is 1.27. The Morgan fingerprint density at radius 3 is 2.73 bits per heavy atom. The molecule has 6 heteroatoms. The van der Waals surface area contributed by atoms with Crippen LogP contribution in [0.2, 0.25) is 0 Å². The van der Waals surface area contributed by atoms with E-state index < -0.39 is 4.92 Å². The molecule has 0 atom stereocenters. The van der Waals surface area contributed by atoms with E-state index in [-0.39, 0.29) is 5.69 Å². The third kappa shape index (κ3) is 2.69. The van der Waals surface area contributed by atoms with E-state index in [2.05, 4.69) is 4.98 Å². The van der Waals surface area contributed by atoms with E-state index in [0.29, 0.717) is 22.8 Å². The molecule has 0 spiro atoms. The predicted octanol–water partition coefficient (Wildman–Crippen LogP) is 1.44. The summed E-state index contributed by atoms with van der Waals surface area (Å²) in [5.41, 5.74) is 7.25. The molecule has 5 nitrogen and oxygen atoms in total. The maximum atomic E-state index is 10.6. The molecule has 0 aliphatic heterocycles. The van der Waals surface area contributed by atoms with Crippen molar-refractivity contribution in [2.45, 2.75) is 20.3 Å². The molecule has 0 amide bonds. The van der Waals surface area contributed by atoms with E-state index in [9.17, 15) is 10.1 Å². The highest BCUT2D eigenvalue weighted by atomic mass is 32.1. The van der Waals surface area contributed by atoms with Crippen molar-refractivity contribution in [1.29, 1.82) is 0 Å². The minimum Gasteiger partial charge on any atom is -0.393 e. The molecule has 80 valence electrons. The maximum absolute atomic E-state index is 10.6. The number of aromatic nitrogens is 1. The van der Waals surface area contributed by atoms with Gasteiger partial charge in [0, 0.05) is 12.5 Å². The number of nitro groups is 1. The lowest BCUT2D eigenvalue weighted by atomic mass is 10.1. The molecular formula is C9H11N3O2S. The van der Waals surface area contributed by atoms with Crippen molar-refractivity contribution in [3.63, 3.8) is 0 Å². The Morgan fingerprint density at radius 1 is 1.67 bits per heavy atom. The number of pyridine rings is 1. The molecule has 0 fully saturated rings. The molecular weight excluding hydrogens is 214 g/mol. The van der Waals surface area contributed by atoms with Gasteiger partial charge in [-0.25, -0.2) is 0 Å². The molecule has 0 aliphatic carbocycles. The molecule has 1 heterocycles. The van der Waals surface area contributed by atoms with Crippen molar-refractivity contribution in [3.05, 3.63) is 33.1 Å². The summed E-state index contributed by atoms with van der Waals surface area (Å²) < 4.78 is 0. The van der Waals surface area contributed by atoms with Crippen LogP contribution in [0.5, 0.6) is 0 Å². The zero-order valence-electron chi connectivity index (χ0n) is 8.48. The zero-order chi connectivity index (χ0) is 11.6. The standard InChI is InChI=1S/C9H11N3O2S/c1-5-3-8(12(13)14)6(2)11-7(5)4-9(10)15/h3H,4H2,1-2H3,(H2,10,15). The fourth-order valence-corrected chi connectivity index (χ4v) is 1.41. The summed E-state index contributed by atoms with van der Waals surface area (Å²) in [6.45, 7) is 3.35. The first-order valence-corrected chi connectivity index (χ1v) is 4.72. The second-order valence-corrected chi connectivity index (χ2v) is 3.78. The second-order valence-electron chi connectivity index (χ2n) is 3.26. The van der Waals surface area contributed by atoms with Gasteiger partial charge in [0.25, 0.3) is 5.69 Å². The van der Waals surface area contributed by atoms with Gasteiger partial charge in [-0.05, 0) is 19.4 Å². The summed E-state index contributed by atoms with van der Waals surface area (Å²) in [4.78, 5) is 14.6. The van der Waals surface area contributed by atoms with E-state index in [0.717, 1.165) is 5.56 Å². The average Bonchev–Trinajstić information content (AvgIpc) is 2.09. The first kappa shape index (κ1) is 11.5. The fraction of sp³-hybridized carbons (Fsp3) is 0.333. The zero-order valence-corrected chi connectivity index (χ0v) is 9.30. The molecule has 0 bridgehead atoms. The lowest BCUT2D eigenvalue weighted by molar-refractivity contribution is -0.385. The van der Waals surface area contributed by atoms with Crippen LogP contribution in [0.1, 0.15) is 17.0 Å². The monoisotopic (exact) mass is 225 g/mol. The van der Waals surface area contributed by atoms with Crippen LogP contribution in [0.25, 0.3) is 0 Å². The van der Waals surface area contributed by atoms with Crippen LogP contribution in [0.15, 0.2) is 6.07 Å². The Bertz CT molecular complexity index is 432. The van der Waals surface area contributed by atoms with Crippen LogP contribution in [0.3, 0.4) is 0 Å². The van der Waals surface area contributed by atoms with Crippen LogP contribution in [0, 0.1) is 24.0 Å². The van der Waals surface area contributed by atoms with Crippen molar-refractivity contribution >= 4 is 22.9 Å². The van der Waals surface area contributed by atoms with E-state index >= 15 is 0 Å². The van der Waals surface area contributed by atoms with E-state index in [1.54, 1.807) is 13.8 Å². The van der Waals surface area contributed by atoms with Crippen molar-refractivity contribution in [1.82, 2.24) is 4.98 Å². The highest BCUT2D eigenvalue weighted by Gasteiger charge is 2.14. The topological polar surface area (TPSA) is 82.0 Å². The molecule has 1 rings (SSSR count). The Kier molecular flexibility index (Phi) is 3.31. The summed E-state index contributed by atoms with van der Waals surface area (Å²) in [5, 5.41) is 10.6. The lowest BCUT2D eigenvalue weighted by Crippen LogP contribution is -2.14. The number of hydrogen-bond acceptors (Lipinski definition) is 4.